The topological polar surface area (TPSA) is 61.0 Å². The maximum absolute atomic E-state index is 12.7. The second-order valence-electron chi connectivity index (χ2n) is 7.12. The van der Waals surface area contributed by atoms with Crippen molar-refractivity contribution in [2.45, 2.75) is 46.2 Å². The lowest BCUT2D eigenvalue weighted by Crippen LogP contribution is -2.24. The number of rotatable bonds is 10. The number of anilines is 1. The Morgan fingerprint density at radius 2 is 2.10 bits per heavy atom. The number of alkyl halides is 3. The molecule has 2 N–H and O–H groups in total. The Balaban J connectivity index is 1.78. The number of carbonyl (C=O) groups is 1. The molecule has 0 bridgehead atoms. The average Bonchev–Trinajstić information content (AvgIpc) is 3.16. The van der Waals surface area contributed by atoms with E-state index in [4.69, 9.17) is 0 Å². The highest BCUT2D eigenvalue weighted by Gasteiger charge is 2.33. The Morgan fingerprint density at radius 3 is 2.77 bits per heavy atom. The first-order chi connectivity index (χ1) is 14.2. The fourth-order valence-electron chi connectivity index (χ4n) is 3.03. The first-order valence-electron chi connectivity index (χ1n) is 10.1. The van der Waals surface area contributed by atoms with E-state index in [0.717, 1.165) is 30.1 Å². The highest BCUT2D eigenvalue weighted by Crippen LogP contribution is 2.27. The molecule has 1 heterocycles. The summed E-state index contributed by atoms with van der Waals surface area (Å²) in [5.74, 6) is -1.56. The van der Waals surface area contributed by atoms with Gasteiger partial charge in [-0.3, -0.25) is 4.79 Å². The van der Waals surface area contributed by atoms with Gasteiger partial charge in [-0.2, -0.15) is 13.2 Å². The number of nitrogens with zero attached hydrogens (tertiary/aromatic N) is 2. The molecule has 1 atom stereocenters. The number of amides is 1. The largest absolute Gasteiger partial charge is 0.394 e. The second-order valence-corrected chi connectivity index (χ2v) is 7.12. The van der Waals surface area contributed by atoms with Crippen LogP contribution in [0.1, 0.15) is 40.0 Å². The fourth-order valence-corrected chi connectivity index (χ4v) is 3.03. The minimum Gasteiger partial charge on any atom is -0.372 e. The van der Waals surface area contributed by atoms with E-state index < -0.39 is 12.1 Å². The van der Waals surface area contributed by atoms with Crippen LogP contribution in [0.5, 0.6) is 0 Å². The summed E-state index contributed by atoms with van der Waals surface area (Å²) in [5.41, 5.74) is 3.17. The number of hydrogen-bond acceptors (Lipinski definition) is 3. The maximum atomic E-state index is 12.7. The van der Waals surface area contributed by atoms with E-state index in [1.54, 1.807) is 12.4 Å². The smallest absolute Gasteiger partial charge is 0.372 e. The number of likely N-dealkylation sites (N-methyl/N-ethyl adjacent to an activating group) is 1. The lowest BCUT2D eigenvalue weighted by atomic mass is 10.1. The van der Waals surface area contributed by atoms with Crippen LogP contribution in [0.3, 0.4) is 0 Å². The Morgan fingerprint density at radius 1 is 1.33 bits per heavy atom. The van der Waals surface area contributed by atoms with Crippen LogP contribution in [-0.2, 0) is 4.79 Å². The zero-order valence-electron chi connectivity index (χ0n) is 17.6. The van der Waals surface area contributed by atoms with Gasteiger partial charge < -0.3 is 15.2 Å². The predicted octanol–water partition coefficient (Wildman–Crippen LogP) is 5.65. The summed E-state index contributed by atoms with van der Waals surface area (Å²) < 4.78 is 38.1. The van der Waals surface area contributed by atoms with Gasteiger partial charge in [-0.15, -0.1) is 0 Å². The molecular formula is C22H29F3N4O. The molecule has 30 heavy (non-hydrogen) atoms. The number of unbranched alkanes of at least 4 members (excludes halogenated alkanes) is 1. The molecule has 164 valence electrons. The normalized spacial score (nSPS) is 13.7. The first kappa shape index (κ1) is 23.5. The summed E-state index contributed by atoms with van der Waals surface area (Å²) in [6.45, 7) is 6.27. The van der Waals surface area contributed by atoms with E-state index in [1.165, 1.54) is 12.2 Å². The van der Waals surface area contributed by atoms with Crippen molar-refractivity contribution < 1.29 is 18.0 Å². The number of allylic oxidation sites excluding steroid dienone is 3. The van der Waals surface area contributed by atoms with Crippen LogP contribution in [-0.4, -0.2) is 40.0 Å². The molecule has 0 spiro atoms. The molecule has 0 aliphatic carbocycles. The number of carbonyl (C=O) groups excluding carboxylic acids is 1. The molecule has 1 amide bonds. The molecule has 0 fully saturated rings. The number of benzene rings is 1. The molecule has 0 aliphatic rings. The number of imidazole rings is 1. The number of aromatic amines is 1. The van der Waals surface area contributed by atoms with Crippen LogP contribution in [0.15, 0.2) is 48.5 Å². The monoisotopic (exact) mass is 422 g/mol. The van der Waals surface area contributed by atoms with Crippen molar-refractivity contribution in [3.8, 4) is 0 Å². The maximum Gasteiger partial charge on any atom is 0.394 e. The third kappa shape index (κ3) is 6.93. The van der Waals surface area contributed by atoms with Crippen molar-refractivity contribution in [1.29, 1.82) is 0 Å². The highest BCUT2D eigenvalue weighted by molar-refractivity contribution is 5.92. The molecule has 0 aliphatic heterocycles. The van der Waals surface area contributed by atoms with Gasteiger partial charge in [0.15, 0.2) is 0 Å². The Kier molecular flexibility index (Phi) is 8.50. The lowest BCUT2D eigenvalue weighted by Gasteiger charge is -2.24. The molecule has 0 saturated heterocycles. The Labute approximate surface area is 175 Å². The van der Waals surface area contributed by atoms with E-state index in [9.17, 15) is 18.0 Å². The molecule has 8 heteroatoms. The van der Waals surface area contributed by atoms with Crippen molar-refractivity contribution in [3.05, 3.63) is 48.5 Å². The third-order valence-electron chi connectivity index (χ3n) is 4.90. The van der Waals surface area contributed by atoms with Gasteiger partial charge in [-0.05, 0) is 51.0 Å². The van der Waals surface area contributed by atoms with Gasteiger partial charge in [0.25, 0.3) is 0 Å². The summed E-state index contributed by atoms with van der Waals surface area (Å²) in [5, 5.41) is 2.88. The molecule has 2 rings (SSSR count). The summed E-state index contributed by atoms with van der Waals surface area (Å²) in [6, 6.07) is 5.49. The quantitative estimate of drug-likeness (QED) is 0.384. The molecule has 1 aromatic heterocycles. The van der Waals surface area contributed by atoms with E-state index in [-0.39, 0.29) is 5.91 Å². The Bertz CT molecular complexity index is 886. The zero-order valence-corrected chi connectivity index (χ0v) is 17.6. The van der Waals surface area contributed by atoms with Crippen LogP contribution >= 0.6 is 0 Å². The molecule has 1 aromatic carbocycles. The van der Waals surface area contributed by atoms with Gasteiger partial charge in [0, 0.05) is 30.9 Å². The number of H-pyrrole nitrogens is 1. The summed E-state index contributed by atoms with van der Waals surface area (Å²) in [4.78, 5) is 21.3. The lowest BCUT2D eigenvalue weighted by molar-refractivity contribution is -0.156. The summed E-state index contributed by atoms with van der Waals surface area (Å²) in [6.07, 6.45) is 3.72. The fraction of sp³-hybridized carbons (Fsp3) is 0.455. The van der Waals surface area contributed by atoms with E-state index in [0.29, 0.717) is 31.6 Å². The van der Waals surface area contributed by atoms with E-state index in [1.807, 2.05) is 36.9 Å². The first-order valence-corrected chi connectivity index (χ1v) is 10.1. The molecule has 1 unspecified atom stereocenters. The van der Waals surface area contributed by atoms with E-state index in [2.05, 4.69) is 15.3 Å². The zero-order chi connectivity index (χ0) is 22.1. The van der Waals surface area contributed by atoms with Gasteiger partial charge in [0.1, 0.15) is 0 Å². The van der Waals surface area contributed by atoms with Crippen molar-refractivity contribution in [2.24, 2.45) is 5.92 Å². The van der Waals surface area contributed by atoms with Gasteiger partial charge >= 0.3 is 6.18 Å². The van der Waals surface area contributed by atoms with Gasteiger partial charge in [0.05, 0.1) is 23.3 Å². The van der Waals surface area contributed by atoms with Crippen molar-refractivity contribution >= 4 is 22.6 Å². The molecule has 2 aromatic rings. The van der Waals surface area contributed by atoms with Crippen molar-refractivity contribution in [2.75, 3.05) is 18.4 Å². The number of aromatic nitrogens is 2. The summed E-state index contributed by atoms with van der Waals surface area (Å²) in [7, 11) is 0. The Hall–Kier alpha value is -2.77. The van der Waals surface area contributed by atoms with Gasteiger partial charge in [0.2, 0.25) is 5.91 Å². The van der Waals surface area contributed by atoms with E-state index >= 15 is 0 Å². The standard InChI is InChI=1S/C22H29F3N4O/c1-4-18(11-9-16(3)22(23,24)25)29(5-2)13-7-6-8-21(30)28-17-10-12-19-20(14-17)27-15-26-19/h4,9-12,14-16H,5-8,13H2,1-3H3,(H,26,27)(H,28,30)/b11-9-,18-4+. The molecular weight excluding hydrogens is 393 g/mol. The predicted molar refractivity (Wildman–Crippen MR) is 114 cm³/mol. The van der Waals surface area contributed by atoms with Crippen LogP contribution in [0.2, 0.25) is 0 Å². The minimum absolute atomic E-state index is 0.0675. The SMILES string of the molecule is C/C=C(\C=C/C(C)C(F)(F)F)N(CC)CCCCC(=O)Nc1ccc2nc[nH]c2c1. The highest BCUT2D eigenvalue weighted by atomic mass is 19.4. The molecule has 5 nitrogen and oxygen atoms in total. The number of fused-ring (bicyclic) bond motifs is 1. The van der Waals surface area contributed by atoms with Gasteiger partial charge in [-0.1, -0.05) is 19.1 Å². The number of hydrogen-bond donors (Lipinski definition) is 2. The molecule has 0 radical (unpaired) electrons. The average molecular weight is 422 g/mol. The second kappa shape index (κ2) is 10.8. The number of halogens is 3. The van der Waals surface area contributed by atoms with Gasteiger partial charge in [-0.25, -0.2) is 4.98 Å². The van der Waals surface area contributed by atoms with Crippen LogP contribution in [0.25, 0.3) is 11.0 Å². The molecule has 0 saturated carbocycles. The number of nitrogens with one attached hydrogen (secondary N) is 2. The van der Waals surface area contributed by atoms with Crippen LogP contribution in [0.4, 0.5) is 18.9 Å². The van der Waals surface area contributed by atoms with Crippen molar-refractivity contribution in [1.82, 2.24) is 14.9 Å². The van der Waals surface area contributed by atoms with Crippen molar-refractivity contribution in [3.63, 3.8) is 0 Å². The third-order valence-corrected chi connectivity index (χ3v) is 4.90. The van der Waals surface area contributed by atoms with Crippen LogP contribution < -0.4 is 5.32 Å². The summed E-state index contributed by atoms with van der Waals surface area (Å²) >= 11 is 0. The van der Waals surface area contributed by atoms with Crippen LogP contribution in [0, 0.1) is 5.92 Å². The minimum atomic E-state index is -4.23.